The Hall–Kier alpha value is -3.00. The lowest BCUT2D eigenvalue weighted by molar-refractivity contribution is -0.136. The number of amides is 2. The molecule has 1 aromatic carbocycles. The number of nitrogens with zero attached hydrogens (tertiary/aromatic N) is 3. The first-order valence-corrected chi connectivity index (χ1v) is 11.2. The van der Waals surface area contributed by atoms with Gasteiger partial charge in [-0.2, -0.15) is 0 Å². The van der Waals surface area contributed by atoms with Crippen LogP contribution in [-0.2, 0) is 16.1 Å². The zero-order valence-electron chi connectivity index (χ0n) is 18.6. The number of aromatic nitrogens is 2. The molecular weight excluding hydrogens is 412 g/mol. The predicted molar refractivity (Wildman–Crippen MR) is 124 cm³/mol. The van der Waals surface area contributed by atoms with Gasteiger partial charge in [-0.1, -0.05) is 18.2 Å². The molecule has 1 N–H and O–H groups in total. The van der Waals surface area contributed by atoms with Crippen LogP contribution in [0.3, 0.4) is 0 Å². The third kappa shape index (κ3) is 5.02. The van der Waals surface area contributed by atoms with Gasteiger partial charge in [0.1, 0.15) is 11.4 Å². The number of benzene rings is 1. The number of hydrogen-bond acceptors (Lipinski definition) is 5. The van der Waals surface area contributed by atoms with E-state index in [4.69, 9.17) is 0 Å². The summed E-state index contributed by atoms with van der Waals surface area (Å²) < 4.78 is 1.32. The van der Waals surface area contributed by atoms with Crippen LogP contribution in [0, 0.1) is 13.8 Å². The number of fused-ring (bicyclic) bond motifs is 1. The molecule has 2 heterocycles. The summed E-state index contributed by atoms with van der Waals surface area (Å²) >= 11 is 1.41. The number of aryl methyl sites for hydroxylation is 2. The summed E-state index contributed by atoms with van der Waals surface area (Å²) in [5.41, 5.74) is 3.86. The molecule has 0 radical (unpaired) electrons. The van der Waals surface area contributed by atoms with E-state index >= 15 is 0 Å². The van der Waals surface area contributed by atoms with Crippen LogP contribution in [0.1, 0.15) is 31.9 Å². The van der Waals surface area contributed by atoms with Crippen LogP contribution in [0.4, 0.5) is 0 Å². The van der Waals surface area contributed by atoms with Crippen LogP contribution < -0.4 is 10.9 Å². The molecule has 0 aliphatic carbocycles. The molecule has 2 amide bonds. The van der Waals surface area contributed by atoms with Crippen LogP contribution in [-0.4, -0.2) is 45.4 Å². The second-order valence-corrected chi connectivity index (χ2v) is 8.79. The molecule has 0 aliphatic heterocycles. The third-order valence-corrected chi connectivity index (χ3v) is 6.09. The van der Waals surface area contributed by atoms with Crippen LogP contribution in [0.25, 0.3) is 21.3 Å². The zero-order valence-corrected chi connectivity index (χ0v) is 19.4. The lowest BCUT2D eigenvalue weighted by atomic mass is 10.0. The Morgan fingerprint density at radius 1 is 1.23 bits per heavy atom. The minimum absolute atomic E-state index is 0.00189. The van der Waals surface area contributed by atoms with Crippen LogP contribution in [0.15, 0.2) is 34.7 Å². The number of thiophene rings is 1. The van der Waals surface area contributed by atoms with E-state index in [1.807, 2.05) is 52.1 Å². The van der Waals surface area contributed by atoms with Gasteiger partial charge in [-0.15, -0.1) is 11.3 Å². The number of hydrogen-bond donors (Lipinski definition) is 1. The number of carbonyl (C=O) groups excluding carboxylic acids is 2. The fraction of sp³-hybridized carbons (Fsp3) is 0.391. The van der Waals surface area contributed by atoms with Crippen molar-refractivity contribution in [2.75, 3.05) is 13.1 Å². The smallest absolute Gasteiger partial charge is 0.263 e. The van der Waals surface area contributed by atoms with E-state index in [-0.39, 0.29) is 36.5 Å². The first kappa shape index (κ1) is 22.7. The average Bonchev–Trinajstić information content (AvgIpc) is 3.14. The van der Waals surface area contributed by atoms with Crippen molar-refractivity contribution in [2.45, 2.75) is 47.2 Å². The Balaban J connectivity index is 1.90. The van der Waals surface area contributed by atoms with Gasteiger partial charge >= 0.3 is 0 Å². The van der Waals surface area contributed by atoms with Gasteiger partial charge in [0.05, 0.1) is 18.3 Å². The summed E-state index contributed by atoms with van der Waals surface area (Å²) in [6.45, 7) is 9.80. The SMILES string of the molecule is CCN(CC(=O)NC(C)C)C(=O)Cn1cnc2scc(-c3ccc(C)c(C)c3)c2c1=O. The molecule has 0 unspecified atom stereocenters. The highest BCUT2D eigenvalue weighted by molar-refractivity contribution is 7.17. The standard InChI is InChI=1S/C23H28N4O3S/c1-6-26(10-19(28)25-14(2)3)20(29)11-27-13-24-22-21(23(27)30)18(12-31-22)17-8-7-15(4)16(5)9-17/h7-9,12-14H,6,10-11H2,1-5H3,(H,25,28). The Bertz CT molecular complexity index is 1180. The van der Waals surface area contributed by atoms with E-state index < -0.39 is 0 Å². The fourth-order valence-corrected chi connectivity index (χ4v) is 4.27. The van der Waals surface area contributed by atoms with Gasteiger partial charge in [-0.05, 0) is 51.3 Å². The summed E-state index contributed by atoms with van der Waals surface area (Å²) in [6.07, 6.45) is 1.41. The molecule has 3 rings (SSSR count). The number of carbonyl (C=O) groups is 2. The highest BCUT2D eigenvalue weighted by Gasteiger charge is 2.19. The van der Waals surface area contributed by atoms with E-state index in [2.05, 4.69) is 16.4 Å². The maximum Gasteiger partial charge on any atom is 0.263 e. The van der Waals surface area contributed by atoms with E-state index in [1.54, 1.807) is 0 Å². The van der Waals surface area contributed by atoms with Gasteiger partial charge in [-0.3, -0.25) is 19.0 Å². The average molecular weight is 441 g/mol. The van der Waals surface area contributed by atoms with E-state index in [1.165, 1.54) is 32.7 Å². The van der Waals surface area contributed by atoms with E-state index in [9.17, 15) is 14.4 Å². The molecule has 0 fully saturated rings. The molecule has 0 aliphatic rings. The van der Waals surface area contributed by atoms with E-state index in [0.29, 0.717) is 16.8 Å². The topological polar surface area (TPSA) is 84.3 Å². The monoisotopic (exact) mass is 440 g/mol. The van der Waals surface area contributed by atoms with Crippen molar-refractivity contribution in [2.24, 2.45) is 0 Å². The van der Waals surface area contributed by atoms with Crippen molar-refractivity contribution in [3.63, 3.8) is 0 Å². The number of likely N-dealkylation sites (N-methyl/N-ethyl adjacent to an activating group) is 1. The largest absolute Gasteiger partial charge is 0.352 e. The minimum Gasteiger partial charge on any atom is -0.352 e. The number of rotatable bonds is 7. The van der Waals surface area contributed by atoms with Crippen LogP contribution >= 0.6 is 11.3 Å². The highest BCUT2D eigenvalue weighted by atomic mass is 32.1. The van der Waals surface area contributed by atoms with Gasteiger partial charge in [0.2, 0.25) is 11.8 Å². The molecule has 8 heteroatoms. The van der Waals surface area contributed by atoms with Crippen molar-refractivity contribution < 1.29 is 9.59 Å². The van der Waals surface area contributed by atoms with Crippen molar-refractivity contribution in [1.82, 2.24) is 19.8 Å². The lowest BCUT2D eigenvalue weighted by Crippen LogP contribution is -2.44. The Morgan fingerprint density at radius 3 is 2.61 bits per heavy atom. The summed E-state index contributed by atoms with van der Waals surface area (Å²) in [6, 6.07) is 6.09. The van der Waals surface area contributed by atoms with Crippen molar-refractivity contribution in [3.05, 3.63) is 51.4 Å². The molecule has 164 valence electrons. The summed E-state index contributed by atoms with van der Waals surface area (Å²) in [5.74, 6) is -0.520. The van der Waals surface area contributed by atoms with Crippen molar-refractivity contribution in [3.8, 4) is 11.1 Å². The minimum atomic E-state index is -0.299. The molecular formula is C23H28N4O3S. The lowest BCUT2D eigenvalue weighted by Gasteiger charge is -2.21. The van der Waals surface area contributed by atoms with Gasteiger partial charge < -0.3 is 10.2 Å². The van der Waals surface area contributed by atoms with Gasteiger partial charge in [0, 0.05) is 23.5 Å². The molecule has 0 bridgehead atoms. The first-order valence-electron chi connectivity index (χ1n) is 10.3. The second-order valence-electron chi connectivity index (χ2n) is 7.94. The quantitative estimate of drug-likeness (QED) is 0.612. The highest BCUT2D eigenvalue weighted by Crippen LogP contribution is 2.31. The Morgan fingerprint density at radius 2 is 1.97 bits per heavy atom. The molecule has 0 atom stereocenters. The molecule has 0 saturated carbocycles. The molecule has 7 nitrogen and oxygen atoms in total. The molecule has 3 aromatic rings. The predicted octanol–water partition coefficient (Wildman–Crippen LogP) is 3.11. The van der Waals surface area contributed by atoms with Crippen LogP contribution in [0.2, 0.25) is 0 Å². The molecule has 2 aromatic heterocycles. The third-order valence-electron chi connectivity index (χ3n) is 5.20. The van der Waals surface area contributed by atoms with E-state index in [0.717, 1.165) is 16.7 Å². The molecule has 31 heavy (non-hydrogen) atoms. The normalized spacial score (nSPS) is 11.2. The summed E-state index contributed by atoms with van der Waals surface area (Å²) in [4.78, 5) is 44.6. The fourth-order valence-electron chi connectivity index (χ4n) is 3.36. The second kappa shape index (κ2) is 9.43. The van der Waals surface area contributed by atoms with Crippen molar-refractivity contribution >= 4 is 33.4 Å². The van der Waals surface area contributed by atoms with Crippen molar-refractivity contribution in [1.29, 1.82) is 0 Å². The Labute approximate surface area is 185 Å². The number of nitrogens with one attached hydrogen (secondary N) is 1. The van der Waals surface area contributed by atoms with Gasteiger partial charge in [-0.25, -0.2) is 4.98 Å². The summed E-state index contributed by atoms with van der Waals surface area (Å²) in [7, 11) is 0. The summed E-state index contributed by atoms with van der Waals surface area (Å²) in [5, 5.41) is 5.23. The maximum atomic E-state index is 13.2. The molecule has 0 spiro atoms. The van der Waals surface area contributed by atoms with Gasteiger partial charge in [0.15, 0.2) is 0 Å². The maximum absolute atomic E-state index is 13.2. The first-order chi connectivity index (χ1) is 14.7. The van der Waals surface area contributed by atoms with Crippen LogP contribution in [0.5, 0.6) is 0 Å². The van der Waals surface area contributed by atoms with Gasteiger partial charge in [0.25, 0.3) is 5.56 Å². The Kier molecular flexibility index (Phi) is 6.90. The zero-order chi connectivity index (χ0) is 22.7. The molecule has 0 saturated heterocycles.